The zero-order valence-electron chi connectivity index (χ0n) is 20.0. The lowest BCUT2D eigenvalue weighted by atomic mass is 9.86. The second-order valence-electron chi connectivity index (χ2n) is 9.56. The topological polar surface area (TPSA) is 9.23 Å². The highest BCUT2D eigenvalue weighted by Crippen LogP contribution is 2.39. The van der Waals surface area contributed by atoms with E-state index in [0.717, 1.165) is 37.9 Å². The fourth-order valence-electron chi connectivity index (χ4n) is 4.12. The average Bonchev–Trinajstić information content (AvgIpc) is 2.64. The van der Waals surface area contributed by atoms with Gasteiger partial charge in [0.1, 0.15) is 11.4 Å². The molecule has 0 aromatic heterocycles. The van der Waals surface area contributed by atoms with E-state index in [1.165, 1.54) is 52.7 Å². The lowest BCUT2D eigenvalue weighted by Crippen LogP contribution is -2.36. The second kappa shape index (κ2) is 10.9. The Morgan fingerprint density at radius 3 is 2.14 bits per heavy atom. The molecule has 0 aliphatic carbocycles. The smallest absolute Gasteiger partial charge is 0.126 e. The molecule has 1 aliphatic rings. The summed E-state index contributed by atoms with van der Waals surface area (Å²) in [4.78, 5) is 0. The van der Waals surface area contributed by atoms with Gasteiger partial charge in [-0.1, -0.05) is 47.1 Å². The zero-order valence-corrected chi connectivity index (χ0v) is 20.0. The van der Waals surface area contributed by atoms with E-state index < -0.39 is 0 Å². The Balaban J connectivity index is 1.80. The molecule has 0 radical (unpaired) electrons. The lowest BCUT2D eigenvalue weighted by Gasteiger charge is -2.37. The van der Waals surface area contributed by atoms with Gasteiger partial charge in [0.2, 0.25) is 0 Å². The first-order valence-corrected chi connectivity index (χ1v) is 11.4. The van der Waals surface area contributed by atoms with Gasteiger partial charge in [-0.2, -0.15) is 0 Å². The van der Waals surface area contributed by atoms with Crippen molar-refractivity contribution in [3.05, 3.63) is 63.8 Å². The quantitative estimate of drug-likeness (QED) is 0.381. The number of hydrogen-bond donors (Lipinski definition) is 0. The Labute approximate surface area is 179 Å². The van der Waals surface area contributed by atoms with Crippen LogP contribution in [0.25, 0.3) is 0 Å². The van der Waals surface area contributed by atoms with Gasteiger partial charge in [-0.15, -0.1) is 0 Å². The first kappa shape index (κ1) is 23.5. The molecule has 2 rings (SSSR count). The van der Waals surface area contributed by atoms with Crippen molar-refractivity contribution in [1.82, 2.24) is 0 Å². The molecule has 0 saturated carbocycles. The molecule has 1 nitrogen and oxygen atoms in total. The first-order valence-electron chi connectivity index (χ1n) is 11.4. The SMILES string of the molecule is CC(C)=CCC/C(C)=C/CC/C(C)=C/CC[C@]1(C)CCc2c(C)ccc(C)c2O1. The highest BCUT2D eigenvalue weighted by molar-refractivity contribution is 5.47. The number of rotatable bonds is 9. The van der Waals surface area contributed by atoms with Gasteiger partial charge < -0.3 is 4.74 Å². The Morgan fingerprint density at radius 2 is 1.48 bits per heavy atom. The summed E-state index contributed by atoms with van der Waals surface area (Å²) >= 11 is 0. The van der Waals surface area contributed by atoms with Gasteiger partial charge in [0, 0.05) is 0 Å². The molecule has 1 aliphatic heterocycles. The first-order chi connectivity index (χ1) is 13.7. The van der Waals surface area contributed by atoms with Gasteiger partial charge in [0.05, 0.1) is 0 Å². The molecular formula is C28H42O. The number of fused-ring (bicyclic) bond motifs is 1. The molecule has 1 atom stereocenters. The molecule has 1 aromatic rings. The van der Waals surface area contributed by atoms with Crippen molar-refractivity contribution < 1.29 is 4.74 Å². The highest BCUT2D eigenvalue weighted by atomic mass is 16.5. The third-order valence-corrected chi connectivity index (χ3v) is 6.23. The summed E-state index contributed by atoms with van der Waals surface area (Å²) in [5.74, 6) is 1.15. The zero-order chi connectivity index (χ0) is 21.4. The minimum absolute atomic E-state index is 0.0379. The van der Waals surface area contributed by atoms with E-state index in [-0.39, 0.29) is 5.60 Å². The maximum atomic E-state index is 6.54. The van der Waals surface area contributed by atoms with E-state index in [9.17, 15) is 0 Å². The predicted molar refractivity (Wildman–Crippen MR) is 128 cm³/mol. The van der Waals surface area contributed by atoms with Crippen LogP contribution in [-0.4, -0.2) is 5.60 Å². The molecule has 1 heteroatoms. The van der Waals surface area contributed by atoms with E-state index in [0.29, 0.717) is 0 Å². The van der Waals surface area contributed by atoms with Crippen LogP contribution in [0, 0.1) is 13.8 Å². The molecule has 0 bridgehead atoms. The summed E-state index contributed by atoms with van der Waals surface area (Å²) in [6.07, 6.45) is 16.3. The summed E-state index contributed by atoms with van der Waals surface area (Å²) in [6, 6.07) is 4.42. The molecule has 0 N–H and O–H groups in total. The molecule has 1 heterocycles. The number of aryl methyl sites for hydroxylation is 2. The molecule has 0 saturated heterocycles. The van der Waals surface area contributed by atoms with Crippen LogP contribution in [-0.2, 0) is 6.42 Å². The monoisotopic (exact) mass is 394 g/mol. The molecule has 0 fully saturated rings. The van der Waals surface area contributed by atoms with E-state index in [2.05, 4.69) is 78.8 Å². The average molecular weight is 395 g/mol. The summed E-state index contributed by atoms with van der Waals surface area (Å²) in [5, 5.41) is 0. The number of ether oxygens (including phenoxy) is 1. The van der Waals surface area contributed by atoms with Crippen LogP contribution in [0.2, 0.25) is 0 Å². The van der Waals surface area contributed by atoms with Crippen LogP contribution in [0.1, 0.15) is 96.3 Å². The Morgan fingerprint density at radius 1 is 0.897 bits per heavy atom. The van der Waals surface area contributed by atoms with E-state index in [1.807, 2.05) is 0 Å². The highest BCUT2D eigenvalue weighted by Gasteiger charge is 2.32. The molecule has 160 valence electrons. The lowest BCUT2D eigenvalue weighted by molar-refractivity contribution is 0.0561. The Kier molecular flexibility index (Phi) is 8.80. The molecule has 29 heavy (non-hydrogen) atoms. The van der Waals surface area contributed by atoms with Gasteiger partial charge in [-0.25, -0.2) is 0 Å². The largest absolute Gasteiger partial charge is 0.487 e. The third-order valence-electron chi connectivity index (χ3n) is 6.23. The van der Waals surface area contributed by atoms with Gasteiger partial charge in [0.25, 0.3) is 0 Å². The predicted octanol–water partition coefficient (Wildman–Crippen LogP) is 8.59. The minimum atomic E-state index is -0.0379. The maximum Gasteiger partial charge on any atom is 0.126 e. The van der Waals surface area contributed by atoms with Gasteiger partial charge in [0.15, 0.2) is 0 Å². The second-order valence-corrected chi connectivity index (χ2v) is 9.56. The molecule has 0 amide bonds. The number of allylic oxidation sites excluding steroid dienone is 6. The van der Waals surface area contributed by atoms with E-state index in [1.54, 1.807) is 0 Å². The normalized spacial score (nSPS) is 19.6. The van der Waals surface area contributed by atoms with Gasteiger partial charge in [-0.3, -0.25) is 0 Å². The van der Waals surface area contributed by atoms with Crippen molar-refractivity contribution in [2.45, 2.75) is 105 Å². The standard InChI is InChI=1S/C28H42O/c1-21(2)11-8-12-22(3)13-9-14-23(4)15-10-19-28(7)20-18-26-24(5)16-17-25(6)27(26)29-28/h11,13,15-17H,8-10,12,14,18-20H2,1-7H3/b22-13+,23-15+/t28-/m1/s1. The van der Waals surface area contributed by atoms with Crippen molar-refractivity contribution in [3.8, 4) is 5.75 Å². The Hall–Kier alpha value is -1.76. The summed E-state index contributed by atoms with van der Waals surface area (Å²) in [7, 11) is 0. The van der Waals surface area contributed by atoms with Crippen LogP contribution in [0.15, 0.2) is 47.1 Å². The van der Waals surface area contributed by atoms with Crippen molar-refractivity contribution in [1.29, 1.82) is 0 Å². The van der Waals surface area contributed by atoms with Crippen LogP contribution in [0.3, 0.4) is 0 Å². The minimum Gasteiger partial charge on any atom is -0.487 e. The molecule has 0 unspecified atom stereocenters. The van der Waals surface area contributed by atoms with Crippen molar-refractivity contribution >= 4 is 0 Å². The summed E-state index contributed by atoms with van der Waals surface area (Å²) < 4.78 is 6.54. The van der Waals surface area contributed by atoms with Crippen LogP contribution in [0.4, 0.5) is 0 Å². The van der Waals surface area contributed by atoms with Crippen molar-refractivity contribution in [2.75, 3.05) is 0 Å². The number of hydrogen-bond acceptors (Lipinski definition) is 1. The van der Waals surface area contributed by atoms with Crippen LogP contribution in [0.5, 0.6) is 5.75 Å². The fraction of sp³-hybridized carbons (Fsp3) is 0.571. The molecule has 0 spiro atoms. The summed E-state index contributed by atoms with van der Waals surface area (Å²) in [5.41, 5.74) is 8.46. The van der Waals surface area contributed by atoms with Crippen LogP contribution >= 0.6 is 0 Å². The van der Waals surface area contributed by atoms with E-state index in [4.69, 9.17) is 4.74 Å². The van der Waals surface area contributed by atoms with Crippen LogP contribution < -0.4 is 4.74 Å². The molecular weight excluding hydrogens is 352 g/mol. The molecule has 1 aromatic carbocycles. The third kappa shape index (κ3) is 7.53. The van der Waals surface area contributed by atoms with Gasteiger partial charge in [-0.05, 0) is 117 Å². The fourth-order valence-corrected chi connectivity index (χ4v) is 4.12. The van der Waals surface area contributed by atoms with Gasteiger partial charge >= 0.3 is 0 Å². The van der Waals surface area contributed by atoms with Crippen molar-refractivity contribution in [3.63, 3.8) is 0 Å². The Bertz CT molecular complexity index is 774. The maximum absolute atomic E-state index is 6.54. The summed E-state index contributed by atoms with van der Waals surface area (Å²) in [6.45, 7) is 15.6. The van der Waals surface area contributed by atoms with E-state index >= 15 is 0 Å². The number of benzene rings is 1. The van der Waals surface area contributed by atoms with Crippen molar-refractivity contribution in [2.24, 2.45) is 0 Å².